The van der Waals surface area contributed by atoms with Crippen molar-refractivity contribution in [1.29, 1.82) is 0 Å². The van der Waals surface area contributed by atoms with Crippen LogP contribution < -0.4 is 0 Å². The zero-order chi connectivity index (χ0) is 13.1. The van der Waals surface area contributed by atoms with Crippen molar-refractivity contribution in [3.8, 4) is 0 Å². The molecule has 2 saturated heterocycles. The van der Waals surface area contributed by atoms with E-state index < -0.39 is 0 Å². The summed E-state index contributed by atoms with van der Waals surface area (Å²) in [6, 6.07) is 0. The monoisotopic (exact) mass is 243 g/mol. The quantitative estimate of drug-likeness (QED) is 0.744. The first-order valence-electron chi connectivity index (χ1n) is 7.65. The number of unbranched alkanes of at least 4 members (excludes halogenated alkanes) is 1. The van der Waals surface area contributed by atoms with Gasteiger partial charge in [-0.25, -0.2) is 0 Å². The summed E-state index contributed by atoms with van der Waals surface area (Å²) in [4.78, 5) is 2.62. The van der Waals surface area contributed by atoms with Gasteiger partial charge in [-0.15, -0.1) is 0 Å². The molecule has 0 unspecified atom stereocenters. The molecule has 2 nitrogen and oxygen atoms in total. The molecule has 2 fully saturated rings. The fraction of sp³-hybridized carbons (Fsp3) is 1.00. The molecule has 2 aliphatic rings. The first-order chi connectivity index (χ1) is 8.35. The van der Waals surface area contributed by atoms with Crippen LogP contribution in [0.25, 0.3) is 0 Å². The minimum Gasteiger partial charge on any atom is -0.380 e. The molecule has 2 heteroatoms. The van der Waals surface area contributed by atoms with Gasteiger partial charge < -0.3 is 9.64 Å². The van der Waals surface area contributed by atoms with Crippen LogP contribution in [0.1, 0.15) is 60.3 Å². The first kappa shape index (κ1) is 16.9. The summed E-state index contributed by atoms with van der Waals surface area (Å²) in [6.45, 7) is 16.3. The van der Waals surface area contributed by atoms with Gasteiger partial charge in [-0.1, -0.05) is 41.0 Å². The summed E-state index contributed by atoms with van der Waals surface area (Å²) in [7, 11) is 0. The van der Waals surface area contributed by atoms with E-state index in [0.717, 1.165) is 13.2 Å². The second-order valence-corrected chi connectivity index (χ2v) is 4.69. The molecule has 0 bridgehead atoms. The molecule has 1 spiro atoms. The molecule has 2 aliphatic heterocycles. The number of hydrogen-bond acceptors (Lipinski definition) is 2. The third-order valence-corrected chi connectivity index (χ3v) is 3.56. The molecule has 0 atom stereocenters. The van der Waals surface area contributed by atoms with Crippen molar-refractivity contribution in [2.24, 2.45) is 5.41 Å². The van der Waals surface area contributed by atoms with Crippen molar-refractivity contribution in [3.05, 3.63) is 0 Å². The minimum absolute atomic E-state index is 0.614. The molecule has 0 radical (unpaired) electrons. The average molecular weight is 243 g/mol. The fourth-order valence-corrected chi connectivity index (χ4v) is 2.31. The molecule has 0 amide bonds. The molecular weight excluding hydrogens is 210 g/mol. The van der Waals surface area contributed by atoms with Crippen LogP contribution in [-0.4, -0.2) is 37.7 Å². The van der Waals surface area contributed by atoms with Crippen molar-refractivity contribution < 1.29 is 4.74 Å². The Morgan fingerprint density at radius 2 is 1.53 bits per heavy atom. The Kier molecular flexibility index (Phi) is 9.85. The van der Waals surface area contributed by atoms with E-state index in [2.05, 4.69) is 11.8 Å². The molecule has 2 rings (SSSR count). The van der Waals surface area contributed by atoms with Gasteiger partial charge in [0.05, 0.1) is 13.2 Å². The number of rotatable bonds is 3. The third kappa shape index (κ3) is 5.39. The van der Waals surface area contributed by atoms with E-state index in [-0.39, 0.29) is 0 Å². The molecule has 17 heavy (non-hydrogen) atoms. The summed E-state index contributed by atoms with van der Waals surface area (Å²) in [5.74, 6) is 0. The van der Waals surface area contributed by atoms with Crippen LogP contribution >= 0.6 is 0 Å². The Morgan fingerprint density at radius 3 is 1.88 bits per heavy atom. The average Bonchev–Trinajstić information content (AvgIpc) is 2.40. The molecular formula is C15H33NO. The van der Waals surface area contributed by atoms with Gasteiger partial charge in [-0.3, -0.25) is 0 Å². The van der Waals surface area contributed by atoms with Crippen molar-refractivity contribution in [2.75, 3.05) is 32.8 Å². The predicted molar refractivity (Wildman–Crippen MR) is 76.5 cm³/mol. The fourth-order valence-electron chi connectivity index (χ4n) is 2.31. The molecule has 104 valence electrons. The third-order valence-electron chi connectivity index (χ3n) is 3.56. The van der Waals surface area contributed by atoms with Crippen LogP contribution in [0.15, 0.2) is 0 Å². The molecule has 0 aromatic rings. The van der Waals surface area contributed by atoms with E-state index in [1.807, 2.05) is 27.7 Å². The number of nitrogens with zero attached hydrogens (tertiary/aromatic N) is 1. The van der Waals surface area contributed by atoms with E-state index in [1.165, 1.54) is 45.3 Å². The van der Waals surface area contributed by atoms with E-state index in [0.29, 0.717) is 5.41 Å². The molecule has 0 aliphatic carbocycles. The molecule has 2 heterocycles. The van der Waals surface area contributed by atoms with Crippen molar-refractivity contribution in [2.45, 2.75) is 60.3 Å². The van der Waals surface area contributed by atoms with Gasteiger partial charge >= 0.3 is 0 Å². The van der Waals surface area contributed by atoms with E-state index >= 15 is 0 Å². The van der Waals surface area contributed by atoms with Gasteiger partial charge in [0.25, 0.3) is 0 Å². The number of hydrogen-bond donors (Lipinski definition) is 0. The minimum atomic E-state index is 0.614. The zero-order valence-electron chi connectivity index (χ0n) is 12.7. The molecule has 0 aromatic heterocycles. The largest absolute Gasteiger partial charge is 0.380 e. The Morgan fingerprint density at radius 1 is 1.00 bits per heavy atom. The highest BCUT2D eigenvalue weighted by molar-refractivity contribution is 4.90. The predicted octanol–water partition coefficient (Wildman–Crippen LogP) is 3.95. The van der Waals surface area contributed by atoms with Crippen LogP contribution in [0.4, 0.5) is 0 Å². The summed E-state index contributed by atoms with van der Waals surface area (Å²) >= 11 is 0. The zero-order valence-corrected chi connectivity index (χ0v) is 12.7. The van der Waals surface area contributed by atoms with Crippen molar-refractivity contribution >= 4 is 0 Å². The highest BCUT2D eigenvalue weighted by Gasteiger charge is 2.40. The van der Waals surface area contributed by atoms with Crippen molar-refractivity contribution in [1.82, 2.24) is 4.90 Å². The standard InChI is InChI=1S/C11H21NO.2C2H6/c1-2-3-6-12-7-4-11(5-8-12)9-13-10-11;2*1-2/h2-10H2,1H3;2*1-2H3. The first-order valence-corrected chi connectivity index (χ1v) is 7.65. The summed E-state index contributed by atoms with van der Waals surface area (Å²) in [5, 5.41) is 0. The lowest BCUT2D eigenvalue weighted by atomic mass is 9.77. The second kappa shape index (κ2) is 9.90. The number of piperidine rings is 1. The molecule has 0 aromatic carbocycles. The number of ether oxygens (including phenoxy) is 1. The maximum atomic E-state index is 5.31. The Balaban J connectivity index is 0.000000581. The van der Waals surface area contributed by atoms with Crippen LogP contribution in [0.3, 0.4) is 0 Å². The van der Waals surface area contributed by atoms with Crippen molar-refractivity contribution in [3.63, 3.8) is 0 Å². The Bertz CT molecular complexity index is 156. The van der Waals surface area contributed by atoms with Gasteiger partial charge in [0.1, 0.15) is 0 Å². The molecule has 0 saturated carbocycles. The smallest absolute Gasteiger partial charge is 0.0545 e. The number of likely N-dealkylation sites (tertiary alicyclic amines) is 1. The van der Waals surface area contributed by atoms with Gasteiger partial charge in [0.15, 0.2) is 0 Å². The van der Waals surface area contributed by atoms with Gasteiger partial charge in [-0.05, 0) is 38.9 Å². The lowest BCUT2D eigenvalue weighted by Gasteiger charge is -2.47. The lowest BCUT2D eigenvalue weighted by Crippen LogP contribution is -2.50. The highest BCUT2D eigenvalue weighted by Crippen LogP contribution is 2.38. The second-order valence-electron chi connectivity index (χ2n) is 4.69. The maximum Gasteiger partial charge on any atom is 0.0545 e. The topological polar surface area (TPSA) is 12.5 Å². The van der Waals surface area contributed by atoms with Crippen LogP contribution in [0.5, 0.6) is 0 Å². The van der Waals surface area contributed by atoms with Crippen LogP contribution in [0.2, 0.25) is 0 Å². The normalized spacial score (nSPS) is 21.7. The SMILES string of the molecule is CC.CC.CCCCN1CCC2(CC1)COC2. The maximum absolute atomic E-state index is 5.31. The summed E-state index contributed by atoms with van der Waals surface area (Å²) in [5.41, 5.74) is 0.614. The van der Waals surface area contributed by atoms with Gasteiger partial charge in [-0.2, -0.15) is 0 Å². The lowest BCUT2D eigenvalue weighted by molar-refractivity contribution is -0.139. The van der Waals surface area contributed by atoms with Gasteiger partial charge in [0, 0.05) is 5.41 Å². The summed E-state index contributed by atoms with van der Waals surface area (Å²) in [6.07, 6.45) is 5.43. The van der Waals surface area contributed by atoms with Crippen LogP contribution in [-0.2, 0) is 4.74 Å². The van der Waals surface area contributed by atoms with E-state index in [9.17, 15) is 0 Å². The summed E-state index contributed by atoms with van der Waals surface area (Å²) < 4.78 is 5.31. The molecule has 0 N–H and O–H groups in total. The Hall–Kier alpha value is -0.0800. The van der Waals surface area contributed by atoms with E-state index in [1.54, 1.807) is 0 Å². The Labute approximate surface area is 109 Å². The van der Waals surface area contributed by atoms with Crippen LogP contribution in [0, 0.1) is 5.41 Å². The highest BCUT2D eigenvalue weighted by atomic mass is 16.5. The van der Waals surface area contributed by atoms with Gasteiger partial charge in [0.2, 0.25) is 0 Å². The van der Waals surface area contributed by atoms with E-state index in [4.69, 9.17) is 4.74 Å².